The Hall–Kier alpha value is -2.72. The number of nitrogens with zero attached hydrogens (tertiary/aromatic N) is 3. The first-order valence-electron chi connectivity index (χ1n) is 5.39. The topological polar surface area (TPSA) is 108 Å². The number of nitro groups is 1. The summed E-state index contributed by atoms with van der Waals surface area (Å²) in [5.41, 5.74) is 6.33. The van der Waals surface area contributed by atoms with Crippen molar-refractivity contribution < 1.29 is 9.45 Å². The van der Waals surface area contributed by atoms with Crippen molar-refractivity contribution in [2.24, 2.45) is 5.73 Å². The first-order chi connectivity index (χ1) is 9.11. The Bertz CT molecular complexity index is 627. The second-order valence-corrected chi connectivity index (χ2v) is 3.77. The summed E-state index contributed by atoms with van der Waals surface area (Å²) in [6, 6.07) is 5.31. The van der Waals surface area contributed by atoms with Crippen LogP contribution in [0.25, 0.3) is 11.4 Å². The van der Waals surface area contributed by atoms with Crippen molar-refractivity contribution in [2.45, 2.75) is 12.5 Å². The molecule has 2 aromatic rings. The van der Waals surface area contributed by atoms with E-state index in [2.05, 4.69) is 16.1 Å². The van der Waals surface area contributed by atoms with Gasteiger partial charge in [0.25, 0.3) is 5.69 Å². The lowest BCUT2D eigenvalue weighted by Gasteiger charge is -1.98. The molecule has 0 fully saturated rings. The number of nitro benzene ring substituents is 1. The summed E-state index contributed by atoms with van der Waals surface area (Å²) in [4.78, 5) is 14.2. The Morgan fingerprint density at radius 1 is 1.47 bits per heavy atom. The SMILES string of the molecule is C#CCC(N)c1nc(-c2ccc([N+](=O)[O-])cc2)no1. The van der Waals surface area contributed by atoms with E-state index in [1.807, 2.05) is 0 Å². The van der Waals surface area contributed by atoms with Gasteiger partial charge in [0.2, 0.25) is 11.7 Å². The molecule has 19 heavy (non-hydrogen) atoms. The van der Waals surface area contributed by atoms with Crippen LogP contribution in [0, 0.1) is 22.5 Å². The molecular formula is C12H10N4O3. The maximum atomic E-state index is 10.5. The first kappa shape index (κ1) is 12.7. The molecule has 7 heteroatoms. The van der Waals surface area contributed by atoms with Gasteiger partial charge in [-0.05, 0) is 12.1 Å². The van der Waals surface area contributed by atoms with Gasteiger partial charge < -0.3 is 10.3 Å². The van der Waals surface area contributed by atoms with Gasteiger partial charge in [-0.25, -0.2) is 0 Å². The van der Waals surface area contributed by atoms with E-state index < -0.39 is 11.0 Å². The molecule has 1 aromatic heterocycles. The molecule has 0 saturated carbocycles. The summed E-state index contributed by atoms with van der Waals surface area (Å²) in [6.45, 7) is 0. The van der Waals surface area contributed by atoms with Gasteiger partial charge in [-0.1, -0.05) is 5.16 Å². The normalized spacial score (nSPS) is 11.8. The Morgan fingerprint density at radius 2 is 2.16 bits per heavy atom. The minimum Gasteiger partial charge on any atom is -0.337 e. The summed E-state index contributed by atoms with van der Waals surface area (Å²) in [5, 5.41) is 14.3. The Balaban J connectivity index is 2.23. The number of aromatic nitrogens is 2. The molecule has 0 saturated heterocycles. The van der Waals surface area contributed by atoms with E-state index in [0.717, 1.165) is 0 Å². The zero-order valence-electron chi connectivity index (χ0n) is 9.81. The van der Waals surface area contributed by atoms with Gasteiger partial charge in [-0.3, -0.25) is 10.1 Å². The van der Waals surface area contributed by atoms with Crippen LogP contribution in [0.4, 0.5) is 5.69 Å². The molecular weight excluding hydrogens is 248 g/mol. The lowest BCUT2D eigenvalue weighted by atomic mass is 10.2. The van der Waals surface area contributed by atoms with E-state index in [1.165, 1.54) is 12.1 Å². The zero-order chi connectivity index (χ0) is 13.8. The summed E-state index contributed by atoms with van der Waals surface area (Å²) in [7, 11) is 0. The average Bonchev–Trinajstić information content (AvgIpc) is 2.89. The highest BCUT2D eigenvalue weighted by Gasteiger charge is 2.15. The number of hydrogen-bond donors (Lipinski definition) is 1. The number of terminal acetylenes is 1. The third-order valence-electron chi connectivity index (χ3n) is 2.43. The van der Waals surface area contributed by atoms with Crippen molar-refractivity contribution in [1.29, 1.82) is 0 Å². The largest absolute Gasteiger partial charge is 0.337 e. The van der Waals surface area contributed by atoms with Crippen molar-refractivity contribution in [3.63, 3.8) is 0 Å². The summed E-state index contributed by atoms with van der Waals surface area (Å²) in [5.74, 6) is 2.97. The second-order valence-electron chi connectivity index (χ2n) is 3.77. The summed E-state index contributed by atoms with van der Waals surface area (Å²) < 4.78 is 5.00. The molecule has 0 aliphatic heterocycles. The summed E-state index contributed by atoms with van der Waals surface area (Å²) in [6.07, 6.45) is 5.44. The average molecular weight is 258 g/mol. The van der Waals surface area contributed by atoms with Crippen molar-refractivity contribution in [3.8, 4) is 23.7 Å². The van der Waals surface area contributed by atoms with E-state index in [4.69, 9.17) is 16.7 Å². The predicted octanol–water partition coefficient (Wildman–Crippen LogP) is 1.67. The number of rotatable bonds is 4. The van der Waals surface area contributed by atoms with Crippen LogP contribution in [0.5, 0.6) is 0 Å². The highest BCUT2D eigenvalue weighted by atomic mass is 16.6. The van der Waals surface area contributed by atoms with Crippen LogP contribution in [0.3, 0.4) is 0 Å². The molecule has 2 rings (SSSR count). The lowest BCUT2D eigenvalue weighted by Crippen LogP contribution is -2.09. The standard InChI is InChI=1S/C12H10N4O3/c1-2-3-10(13)12-14-11(15-19-12)8-4-6-9(7-5-8)16(17)18/h1,4-7,10H,3,13H2. The Kier molecular flexibility index (Phi) is 3.54. The van der Waals surface area contributed by atoms with Crippen molar-refractivity contribution in [2.75, 3.05) is 0 Å². The molecule has 0 aliphatic rings. The van der Waals surface area contributed by atoms with Crippen LogP contribution in [0.2, 0.25) is 0 Å². The second kappa shape index (κ2) is 5.29. The van der Waals surface area contributed by atoms with Gasteiger partial charge in [-0.2, -0.15) is 4.98 Å². The van der Waals surface area contributed by atoms with Crippen molar-refractivity contribution in [3.05, 3.63) is 40.3 Å². The molecule has 0 spiro atoms. The minimum atomic E-state index is -0.510. The van der Waals surface area contributed by atoms with E-state index in [1.54, 1.807) is 12.1 Å². The maximum absolute atomic E-state index is 10.5. The molecule has 1 heterocycles. The smallest absolute Gasteiger partial charge is 0.269 e. The van der Waals surface area contributed by atoms with Crippen LogP contribution in [0.15, 0.2) is 28.8 Å². The van der Waals surface area contributed by atoms with Gasteiger partial charge in [0.15, 0.2) is 0 Å². The van der Waals surface area contributed by atoms with E-state index in [-0.39, 0.29) is 11.6 Å². The molecule has 1 atom stereocenters. The minimum absolute atomic E-state index is 0.00324. The number of hydrogen-bond acceptors (Lipinski definition) is 6. The fourth-order valence-electron chi connectivity index (χ4n) is 1.45. The van der Waals surface area contributed by atoms with Gasteiger partial charge in [-0.15, -0.1) is 12.3 Å². The van der Waals surface area contributed by atoms with Crippen molar-refractivity contribution in [1.82, 2.24) is 10.1 Å². The molecule has 0 radical (unpaired) electrons. The van der Waals surface area contributed by atoms with Crippen LogP contribution >= 0.6 is 0 Å². The monoisotopic (exact) mass is 258 g/mol. The van der Waals surface area contributed by atoms with E-state index in [0.29, 0.717) is 17.8 Å². The van der Waals surface area contributed by atoms with Crippen LogP contribution in [-0.2, 0) is 0 Å². The van der Waals surface area contributed by atoms with Crippen molar-refractivity contribution >= 4 is 5.69 Å². The van der Waals surface area contributed by atoms with Gasteiger partial charge in [0.05, 0.1) is 11.0 Å². The Labute approximate surface area is 108 Å². The zero-order valence-corrected chi connectivity index (χ0v) is 9.81. The number of non-ortho nitro benzene ring substituents is 1. The highest BCUT2D eigenvalue weighted by molar-refractivity contribution is 5.56. The molecule has 7 nitrogen and oxygen atoms in total. The molecule has 0 bridgehead atoms. The fourth-order valence-corrected chi connectivity index (χ4v) is 1.45. The van der Waals surface area contributed by atoms with Crippen LogP contribution in [-0.4, -0.2) is 15.1 Å². The molecule has 0 aliphatic carbocycles. The van der Waals surface area contributed by atoms with Crippen LogP contribution < -0.4 is 5.73 Å². The third-order valence-corrected chi connectivity index (χ3v) is 2.43. The number of benzene rings is 1. The van der Waals surface area contributed by atoms with Gasteiger partial charge in [0, 0.05) is 24.1 Å². The third kappa shape index (κ3) is 2.75. The molecule has 96 valence electrons. The first-order valence-corrected chi connectivity index (χ1v) is 5.39. The van der Waals surface area contributed by atoms with Gasteiger partial charge >= 0.3 is 0 Å². The predicted molar refractivity (Wildman–Crippen MR) is 66.8 cm³/mol. The molecule has 1 aromatic carbocycles. The molecule has 2 N–H and O–H groups in total. The Morgan fingerprint density at radius 3 is 2.74 bits per heavy atom. The maximum Gasteiger partial charge on any atom is 0.269 e. The fraction of sp³-hybridized carbons (Fsp3) is 0.167. The van der Waals surface area contributed by atoms with E-state index >= 15 is 0 Å². The lowest BCUT2D eigenvalue weighted by molar-refractivity contribution is -0.384. The summed E-state index contributed by atoms with van der Waals surface area (Å²) >= 11 is 0. The quantitative estimate of drug-likeness (QED) is 0.507. The highest BCUT2D eigenvalue weighted by Crippen LogP contribution is 2.21. The molecule has 1 unspecified atom stereocenters. The van der Waals surface area contributed by atoms with E-state index in [9.17, 15) is 10.1 Å². The van der Waals surface area contributed by atoms with Crippen LogP contribution in [0.1, 0.15) is 18.4 Å². The number of nitrogens with two attached hydrogens (primary N) is 1. The van der Waals surface area contributed by atoms with Gasteiger partial charge in [0.1, 0.15) is 0 Å². The molecule has 0 amide bonds.